The fourth-order valence-electron chi connectivity index (χ4n) is 4.38. The Morgan fingerprint density at radius 3 is 2.46 bits per heavy atom. The second-order valence-electron chi connectivity index (χ2n) is 9.49. The lowest BCUT2D eigenvalue weighted by atomic mass is 10.1. The third-order valence-electron chi connectivity index (χ3n) is 6.83. The van der Waals surface area contributed by atoms with E-state index in [9.17, 15) is 18.0 Å². The van der Waals surface area contributed by atoms with Gasteiger partial charge in [0.25, 0.3) is 5.91 Å². The molecule has 0 atom stereocenters. The summed E-state index contributed by atoms with van der Waals surface area (Å²) in [6.45, 7) is 4.54. The molecule has 3 heterocycles. The molecule has 2 aromatic carbocycles. The first-order valence-corrected chi connectivity index (χ1v) is 12.6. The first-order chi connectivity index (χ1) is 18.5. The van der Waals surface area contributed by atoms with Crippen LogP contribution in [0.25, 0.3) is 16.9 Å². The Morgan fingerprint density at radius 1 is 1.05 bits per heavy atom. The summed E-state index contributed by atoms with van der Waals surface area (Å²) in [7, 11) is 3.79. The fraction of sp³-hybridized carbons (Fsp3) is 0.308. The van der Waals surface area contributed by atoms with Gasteiger partial charge in [-0.05, 0) is 50.4 Å². The molecule has 1 saturated heterocycles. The lowest BCUT2D eigenvalue weighted by Gasteiger charge is -2.34. The third-order valence-corrected chi connectivity index (χ3v) is 7.15. The van der Waals surface area contributed by atoms with Gasteiger partial charge in [-0.15, -0.1) is 5.10 Å². The molecule has 4 aromatic rings. The minimum Gasteiger partial charge on any atom is -0.369 e. The van der Waals surface area contributed by atoms with Crippen molar-refractivity contribution in [2.75, 3.05) is 43.4 Å². The molecular formula is C26H26ClF3N8O. The van der Waals surface area contributed by atoms with Gasteiger partial charge in [0, 0.05) is 61.4 Å². The zero-order valence-electron chi connectivity index (χ0n) is 21.5. The summed E-state index contributed by atoms with van der Waals surface area (Å²) >= 11 is 6.40. The Balaban J connectivity index is 1.42. The van der Waals surface area contributed by atoms with Gasteiger partial charge < -0.3 is 15.1 Å². The van der Waals surface area contributed by atoms with E-state index >= 15 is 0 Å². The number of halogens is 4. The number of nitrogens with one attached hydrogen (secondary N) is 1. The molecule has 2 aromatic heterocycles. The lowest BCUT2D eigenvalue weighted by Crippen LogP contribution is -2.44. The molecule has 0 bridgehead atoms. The van der Waals surface area contributed by atoms with E-state index in [1.807, 2.05) is 25.9 Å². The van der Waals surface area contributed by atoms with Gasteiger partial charge in [-0.3, -0.25) is 9.48 Å². The summed E-state index contributed by atoms with van der Waals surface area (Å²) in [5, 5.41) is 15.5. The predicted octanol–water partition coefficient (Wildman–Crippen LogP) is 4.65. The van der Waals surface area contributed by atoms with Crippen molar-refractivity contribution in [2.24, 2.45) is 7.05 Å². The predicted molar refractivity (Wildman–Crippen MR) is 142 cm³/mol. The van der Waals surface area contributed by atoms with Gasteiger partial charge in [-0.2, -0.15) is 18.3 Å². The molecule has 1 N–H and O–H groups in total. The van der Waals surface area contributed by atoms with Crippen LogP contribution in [0.4, 0.5) is 24.5 Å². The molecule has 13 heteroatoms. The van der Waals surface area contributed by atoms with Crippen LogP contribution in [0.2, 0.25) is 5.02 Å². The van der Waals surface area contributed by atoms with Gasteiger partial charge in [0.2, 0.25) is 0 Å². The second-order valence-corrected chi connectivity index (χ2v) is 9.90. The number of carbonyl (C=O) groups is 1. The molecule has 204 valence electrons. The van der Waals surface area contributed by atoms with Crippen molar-refractivity contribution < 1.29 is 18.0 Å². The van der Waals surface area contributed by atoms with Crippen LogP contribution in [0, 0.1) is 6.92 Å². The molecule has 5 rings (SSSR count). The molecule has 1 fully saturated rings. The number of aromatic nitrogens is 5. The number of anilines is 2. The van der Waals surface area contributed by atoms with E-state index in [2.05, 4.69) is 25.6 Å². The maximum absolute atomic E-state index is 13.7. The number of rotatable bonds is 5. The van der Waals surface area contributed by atoms with Gasteiger partial charge in [0.1, 0.15) is 5.69 Å². The maximum atomic E-state index is 13.7. The number of carbonyl (C=O) groups excluding carboxylic acids is 1. The highest BCUT2D eigenvalue weighted by Gasteiger charge is 2.32. The number of benzene rings is 2. The second kappa shape index (κ2) is 10.3. The van der Waals surface area contributed by atoms with Crippen molar-refractivity contribution in [3.63, 3.8) is 0 Å². The summed E-state index contributed by atoms with van der Waals surface area (Å²) in [6.07, 6.45) is -1.21. The number of alkyl halides is 3. The highest BCUT2D eigenvalue weighted by atomic mass is 35.5. The Bertz CT molecular complexity index is 1520. The number of nitrogens with zero attached hydrogens (tertiary/aromatic N) is 7. The highest BCUT2D eigenvalue weighted by Crippen LogP contribution is 2.35. The van der Waals surface area contributed by atoms with Crippen LogP contribution in [0.3, 0.4) is 0 Å². The van der Waals surface area contributed by atoms with E-state index in [0.717, 1.165) is 36.5 Å². The number of aryl methyl sites for hydroxylation is 1. The Labute approximate surface area is 227 Å². The Morgan fingerprint density at radius 2 is 1.79 bits per heavy atom. The molecule has 1 aliphatic heterocycles. The zero-order chi connectivity index (χ0) is 27.9. The first-order valence-electron chi connectivity index (χ1n) is 12.2. The zero-order valence-corrected chi connectivity index (χ0v) is 22.3. The molecule has 0 saturated carbocycles. The third kappa shape index (κ3) is 5.62. The van der Waals surface area contributed by atoms with Gasteiger partial charge >= 0.3 is 6.18 Å². The van der Waals surface area contributed by atoms with Gasteiger partial charge in [-0.25, -0.2) is 4.68 Å². The van der Waals surface area contributed by atoms with Gasteiger partial charge in [0.15, 0.2) is 0 Å². The minimum atomic E-state index is -4.56. The topological polar surface area (TPSA) is 84.1 Å². The van der Waals surface area contributed by atoms with Gasteiger partial charge in [-0.1, -0.05) is 16.8 Å². The molecule has 1 amide bonds. The Hall–Kier alpha value is -3.90. The van der Waals surface area contributed by atoms with Crippen LogP contribution in [0.5, 0.6) is 0 Å². The van der Waals surface area contributed by atoms with E-state index in [1.54, 1.807) is 23.1 Å². The van der Waals surface area contributed by atoms with Crippen molar-refractivity contribution in [2.45, 2.75) is 13.1 Å². The van der Waals surface area contributed by atoms with E-state index < -0.39 is 17.6 Å². The molecule has 0 aliphatic carbocycles. The van der Waals surface area contributed by atoms with E-state index in [0.29, 0.717) is 35.2 Å². The molecule has 1 aliphatic rings. The van der Waals surface area contributed by atoms with Crippen molar-refractivity contribution in [3.8, 4) is 16.9 Å². The Kier molecular flexibility index (Phi) is 7.08. The summed E-state index contributed by atoms with van der Waals surface area (Å²) in [4.78, 5) is 17.2. The van der Waals surface area contributed by atoms with Crippen LogP contribution >= 0.6 is 11.6 Å². The summed E-state index contributed by atoms with van der Waals surface area (Å²) in [5.41, 5.74) is 2.50. The van der Waals surface area contributed by atoms with Crippen molar-refractivity contribution in [1.29, 1.82) is 0 Å². The minimum absolute atomic E-state index is 0.0512. The van der Waals surface area contributed by atoms with E-state index in [-0.39, 0.29) is 11.3 Å². The standard InChI is InChI=1S/C26H26ClF3N8O/c1-16-21(14-31-36(16)3)23-15-38(34-33-23)24-10-17(4-5-22(24)27)25(39)32-19-11-18(26(28,29)30)12-20(13-19)37-8-6-35(2)7-9-37/h4-5,10-15H,6-9H2,1-3H3,(H,32,39). The molecule has 39 heavy (non-hydrogen) atoms. The molecule has 0 radical (unpaired) electrons. The maximum Gasteiger partial charge on any atom is 0.416 e. The van der Waals surface area contributed by atoms with Crippen molar-refractivity contribution in [3.05, 3.63) is 70.6 Å². The van der Waals surface area contributed by atoms with Crippen LogP contribution in [0.15, 0.2) is 48.8 Å². The lowest BCUT2D eigenvalue weighted by molar-refractivity contribution is -0.137. The quantitative estimate of drug-likeness (QED) is 0.384. The van der Waals surface area contributed by atoms with E-state index in [1.165, 1.54) is 22.9 Å². The summed E-state index contributed by atoms with van der Waals surface area (Å²) in [5.74, 6) is -0.583. The normalized spacial score (nSPS) is 14.6. The average molecular weight is 559 g/mol. The van der Waals surface area contributed by atoms with Crippen LogP contribution in [-0.4, -0.2) is 68.8 Å². The van der Waals surface area contributed by atoms with Gasteiger partial charge in [0.05, 0.1) is 28.7 Å². The molecular weight excluding hydrogens is 533 g/mol. The SMILES string of the molecule is Cc1c(-c2cn(-c3cc(C(=O)Nc4cc(N5CCN(C)CC5)cc(C(F)(F)F)c4)ccc3Cl)nn2)cnn1C. The van der Waals surface area contributed by atoms with Crippen LogP contribution < -0.4 is 10.2 Å². The van der Waals surface area contributed by atoms with E-state index in [4.69, 9.17) is 11.6 Å². The molecule has 0 spiro atoms. The average Bonchev–Trinajstić information content (AvgIpc) is 3.50. The number of likely N-dealkylation sites (N-methyl/N-ethyl adjacent to an activating group) is 1. The monoisotopic (exact) mass is 558 g/mol. The first kappa shape index (κ1) is 26.7. The smallest absolute Gasteiger partial charge is 0.369 e. The molecule has 9 nitrogen and oxygen atoms in total. The summed E-state index contributed by atoms with van der Waals surface area (Å²) in [6, 6.07) is 8.17. The highest BCUT2D eigenvalue weighted by molar-refractivity contribution is 6.32. The largest absolute Gasteiger partial charge is 0.416 e. The fourth-order valence-corrected chi connectivity index (χ4v) is 4.59. The van der Waals surface area contributed by atoms with Crippen LogP contribution in [0.1, 0.15) is 21.6 Å². The number of piperazine rings is 1. The van der Waals surface area contributed by atoms with Crippen molar-refractivity contribution >= 4 is 28.9 Å². The number of hydrogen-bond donors (Lipinski definition) is 1. The molecule has 0 unspecified atom stereocenters. The number of hydrogen-bond acceptors (Lipinski definition) is 6. The summed E-state index contributed by atoms with van der Waals surface area (Å²) < 4.78 is 44.3. The van der Waals surface area contributed by atoms with Crippen molar-refractivity contribution in [1.82, 2.24) is 29.7 Å². The van der Waals surface area contributed by atoms with Crippen LogP contribution in [-0.2, 0) is 13.2 Å². The number of amides is 1.